The van der Waals surface area contributed by atoms with Crippen molar-refractivity contribution in [1.29, 1.82) is 10.9 Å². The van der Waals surface area contributed by atoms with Gasteiger partial charge in [0, 0.05) is 24.1 Å². The maximum Gasteiger partial charge on any atom is 0.130 e. The molecule has 0 aromatic heterocycles. The minimum absolute atomic E-state index is 0.00171. The minimum atomic E-state index is -1.09. The standard InChI is InChI=1S/C33H41F2N5O/c1-32(2,3)24-11-10-12-25(20-24)33(15-8-5-9-16-33)38-22-30(41)29(19-23-17-26(34)21-27(35)18-23)31(36)40(39-37)28-13-6-4-7-14-28/h4,6-7,10-14,17-18,20-21,29-30,36-38,41H,5,8-9,15-16,19,22H2,1-3H3. The molecule has 1 aliphatic rings. The van der Waals surface area contributed by atoms with Crippen LogP contribution in [-0.2, 0) is 17.4 Å². The van der Waals surface area contributed by atoms with Gasteiger partial charge in [-0.05, 0) is 65.6 Å². The molecule has 8 heteroatoms. The summed E-state index contributed by atoms with van der Waals surface area (Å²) in [5, 5.41) is 29.0. The molecule has 1 fully saturated rings. The van der Waals surface area contributed by atoms with Gasteiger partial charge in [-0.3, -0.25) is 5.41 Å². The Kier molecular flexibility index (Phi) is 9.66. The molecular formula is C33H41F2N5O. The van der Waals surface area contributed by atoms with Gasteiger partial charge >= 0.3 is 0 Å². The number of hydrogen-bond acceptors (Lipinski definition) is 5. The van der Waals surface area contributed by atoms with Crippen LogP contribution in [0.2, 0.25) is 0 Å². The number of hydrogen-bond donors (Lipinski definition) is 4. The fraction of sp³-hybridized carbons (Fsp3) is 0.424. The first kappa shape index (κ1) is 30.5. The molecule has 3 aromatic rings. The molecule has 41 heavy (non-hydrogen) atoms. The Morgan fingerprint density at radius 3 is 2.24 bits per heavy atom. The first-order chi connectivity index (χ1) is 19.5. The van der Waals surface area contributed by atoms with Crippen LogP contribution in [0.3, 0.4) is 0 Å². The molecule has 0 spiro atoms. The second-order valence-corrected chi connectivity index (χ2v) is 12.1. The third kappa shape index (κ3) is 7.43. The van der Waals surface area contributed by atoms with Gasteiger partial charge in [0.1, 0.15) is 17.5 Å². The molecule has 1 saturated carbocycles. The summed E-state index contributed by atoms with van der Waals surface area (Å²) in [7, 11) is 0. The van der Waals surface area contributed by atoms with E-state index in [4.69, 9.17) is 10.9 Å². The zero-order valence-corrected chi connectivity index (χ0v) is 24.1. The first-order valence-electron chi connectivity index (χ1n) is 14.3. The second-order valence-electron chi connectivity index (χ2n) is 12.1. The quantitative estimate of drug-likeness (QED) is 0.0886. The van der Waals surface area contributed by atoms with E-state index in [2.05, 4.69) is 55.6 Å². The smallest absolute Gasteiger partial charge is 0.130 e. The van der Waals surface area contributed by atoms with E-state index < -0.39 is 23.7 Å². The monoisotopic (exact) mass is 561 g/mol. The van der Waals surface area contributed by atoms with Crippen LogP contribution in [0.15, 0.2) is 78.0 Å². The van der Waals surface area contributed by atoms with Gasteiger partial charge in [-0.15, -0.1) is 0 Å². The van der Waals surface area contributed by atoms with Crippen LogP contribution in [0.5, 0.6) is 0 Å². The number of rotatable bonds is 10. The number of halogens is 2. The van der Waals surface area contributed by atoms with Crippen LogP contribution in [0.1, 0.15) is 69.6 Å². The van der Waals surface area contributed by atoms with E-state index in [0.29, 0.717) is 11.3 Å². The summed E-state index contributed by atoms with van der Waals surface area (Å²) in [6, 6.07) is 20.7. The number of anilines is 1. The normalized spacial score (nSPS) is 16.5. The largest absolute Gasteiger partial charge is 0.391 e. The van der Waals surface area contributed by atoms with Crippen molar-refractivity contribution in [3.05, 3.63) is 101 Å². The molecule has 0 amide bonds. The summed E-state index contributed by atoms with van der Waals surface area (Å²) in [6.45, 7) is 6.74. The predicted octanol–water partition coefficient (Wildman–Crippen LogP) is 7.66. The van der Waals surface area contributed by atoms with E-state index in [1.54, 1.807) is 24.3 Å². The van der Waals surface area contributed by atoms with Crippen molar-refractivity contribution in [3.8, 4) is 0 Å². The molecule has 2 atom stereocenters. The Labute approximate surface area is 241 Å². The SMILES string of the molecule is CC(C)(C)c1cccc(C2(NCC(O)C(Cc3cc(F)cc(F)c3)C(=N)N(N=N)c3ccccc3)CCCCC2)c1. The number of para-hydroxylation sites is 1. The van der Waals surface area contributed by atoms with Crippen LogP contribution in [-0.4, -0.2) is 23.6 Å². The molecule has 1 aliphatic carbocycles. The van der Waals surface area contributed by atoms with Crippen LogP contribution >= 0.6 is 0 Å². The maximum atomic E-state index is 14.1. The van der Waals surface area contributed by atoms with E-state index in [0.717, 1.165) is 43.2 Å². The molecule has 6 nitrogen and oxygen atoms in total. The third-order valence-electron chi connectivity index (χ3n) is 8.16. The fourth-order valence-electron chi connectivity index (χ4n) is 5.82. The fourth-order valence-corrected chi connectivity index (χ4v) is 5.82. The van der Waals surface area contributed by atoms with Crippen molar-refractivity contribution in [3.63, 3.8) is 0 Å². The van der Waals surface area contributed by atoms with Gasteiger partial charge in [-0.2, -0.15) is 5.53 Å². The highest BCUT2D eigenvalue weighted by Gasteiger charge is 2.37. The Hall–Kier alpha value is -3.49. The molecule has 4 N–H and O–H groups in total. The molecule has 3 aromatic carbocycles. The van der Waals surface area contributed by atoms with Gasteiger partial charge in [0.15, 0.2) is 0 Å². The van der Waals surface area contributed by atoms with Crippen molar-refractivity contribution < 1.29 is 13.9 Å². The van der Waals surface area contributed by atoms with Crippen molar-refractivity contribution in [1.82, 2.24) is 5.32 Å². The summed E-state index contributed by atoms with van der Waals surface area (Å²) < 4.78 is 28.2. The van der Waals surface area contributed by atoms with E-state index in [-0.39, 0.29) is 29.8 Å². The number of nitrogens with one attached hydrogen (secondary N) is 3. The van der Waals surface area contributed by atoms with Crippen molar-refractivity contribution >= 4 is 11.5 Å². The summed E-state index contributed by atoms with van der Waals surface area (Å²) in [4.78, 5) is 0. The van der Waals surface area contributed by atoms with Crippen LogP contribution in [0.25, 0.3) is 0 Å². The number of aliphatic hydroxyl groups excluding tert-OH is 1. The minimum Gasteiger partial charge on any atom is -0.391 e. The molecule has 0 heterocycles. The molecule has 0 radical (unpaired) electrons. The molecule has 0 bridgehead atoms. The van der Waals surface area contributed by atoms with Gasteiger partial charge in [0.05, 0.1) is 11.8 Å². The van der Waals surface area contributed by atoms with Crippen LogP contribution in [0, 0.1) is 28.5 Å². The van der Waals surface area contributed by atoms with E-state index in [1.165, 1.54) is 23.3 Å². The summed E-state index contributed by atoms with van der Waals surface area (Å²) >= 11 is 0. The van der Waals surface area contributed by atoms with Crippen molar-refractivity contribution in [2.24, 2.45) is 11.1 Å². The molecule has 4 rings (SSSR count). The van der Waals surface area contributed by atoms with E-state index >= 15 is 0 Å². The Morgan fingerprint density at radius 2 is 1.63 bits per heavy atom. The molecule has 2 unspecified atom stereocenters. The lowest BCUT2D eigenvalue weighted by Gasteiger charge is -2.41. The molecule has 218 valence electrons. The molecular weight excluding hydrogens is 520 g/mol. The zero-order chi connectivity index (χ0) is 29.6. The summed E-state index contributed by atoms with van der Waals surface area (Å²) in [5.41, 5.74) is 10.7. The van der Waals surface area contributed by atoms with Gasteiger partial charge in [-0.25, -0.2) is 13.8 Å². The Balaban J connectivity index is 1.64. The van der Waals surface area contributed by atoms with E-state index in [1.807, 2.05) is 6.07 Å². The average molecular weight is 562 g/mol. The average Bonchev–Trinajstić information content (AvgIpc) is 2.95. The number of nitrogens with zero attached hydrogens (tertiary/aromatic N) is 2. The maximum absolute atomic E-state index is 14.1. The van der Waals surface area contributed by atoms with Crippen LogP contribution < -0.4 is 10.3 Å². The lowest BCUT2D eigenvalue weighted by Crippen LogP contribution is -2.50. The number of amidine groups is 1. The zero-order valence-electron chi connectivity index (χ0n) is 24.1. The van der Waals surface area contributed by atoms with Crippen molar-refractivity contribution in [2.75, 3.05) is 11.6 Å². The first-order valence-corrected chi connectivity index (χ1v) is 14.3. The second kappa shape index (κ2) is 13.0. The topological polar surface area (TPSA) is 95.6 Å². The predicted molar refractivity (Wildman–Crippen MR) is 159 cm³/mol. The lowest BCUT2D eigenvalue weighted by molar-refractivity contribution is 0.110. The van der Waals surface area contributed by atoms with E-state index in [9.17, 15) is 13.9 Å². The molecule has 0 aliphatic heterocycles. The Morgan fingerprint density at radius 1 is 0.976 bits per heavy atom. The van der Waals surface area contributed by atoms with Gasteiger partial charge in [-0.1, -0.05) is 87.7 Å². The van der Waals surface area contributed by atoms with Crippen LogP contribution in [0.4, 0.5) is 14.5 Å². The highest BCUT2D eigenvalue weighted by Crippen LogP contribution is 2.39. The van der Waals surface area contributed by atoms with Crippen molar-refractivity contribution in [2.45, 2.75) is 76.4 Å². The Bertz CT molecular complexity index is 1310. The van der Waals surface area contributed by atoms with Gasteiger partial charge in [0.25, 0.3) is 0 Å². The summed E-state index contributed by atoms with van der Waals surface area (Å²) in [5.74, 6) is -2.46. The summed E-state index contributed by atoms with van der Waals surface area (Å²) in [6.07, 6.45) is 4.02. The van der Waals surface area contributed by atoms with Gasteiger partial charge in [0.2, 0.25) is 0 Å². The van der Waals surface area contributed by atoms with Gasteiger partial charge < -0.3 is 10.4 Å². The highest BCUT2D eigenvalue weighted by molar-refractivity contribution is 5.97. The third-order valence-corrected chi connectivity index (χ3v) is 8.16. The number of benzene rings is 3. The highest BCUT2D eigenvalue weighted by atomic mass is 19.1. The molecule has 0 saturated heterocycles. The number of aliphatic hydroxyl groups is 1. The lowest BCUT2D eigenvalue weighted by atomic mass is 9.74.